The molecule has 8 nitrogen and oxygen atoms in total. The molecule has 0 radical (unpaired) electrons. The predicted octanol–water partition coefficient (Wildman–Crippen LogP) is 4.91. The highest BCUT2D eigenvalue weighted by atomic mass is 32.1. The van der Waals surface area contributed by atoms with Crippen LogP contribution in [0.5, 0.6) is 0 Å². The maximum absolute atomic E-state index is 11.2. The molecule has 0 fully saturated rings. The van der Waals surface area contributed by atoms with Gasteiger partial charge in [0.15, 0.2) is 0 Å². The lowest BCUT2D eigenvalue weighted by Gasteiger charge is -2.06. The van der Waals surface area contributed by atoms with Crippen molar-refractivity contribution in [2.45, 2.75) is 13.0 Å². The Balaban J connectivity index is 1.58. The van der Waals surface area contributed by atoms with Crippen molar-refractivity contribution in [1.82, 2.24) is 24.7 Å². The summed E-state index contributed by atoms with van der Waals surface area (Å²) < 4.78 is 3.09. The Morgan fingerprint density at radius 2 is 2.00 bits per heavy atom. The van der Waals surface area contributed by atoms with Gasteiger partial charge in [-0.2, -0.15) is 5.10 Å². The minimum atomic E-state index is -0.860. The average Bonchev–Trinajstić information content (AvgIpc) is 3.53. The van der Waals surface area contributed by atoms with Crippen molar-refractivity contribution in [3.8, 4) is 21.6 Å². The molecule has 0 aliphatic heterocycles. The number of thiophene rings is 1. The van der Waals surface area contributed by atoms with Crippen LogP contribution in [0.25, 0.3) is 53.6 Å². The van der Waals surface area contributed by atoms with Gasteiger partial charge < -0.3 is 15.4 Å². The fourth-order valence-electron chi connectivity index (χ4n) is 4.22. The second kappa shape index (κ2) is 7.42. The Morgan fingerprint density at radius 3 is 2.85 bits per heavy atom. The zero-order chi connectivity index (χ0) is 22.5. The highest BCUT2D eigenvalue weighted by molar-refractivity contribution is 7.22. The molecule has 0 saturated carbocycles. The van der Waals surface area contributed by atoms with Crippen molar-refractivity contribution in [2.24, 2.45) is 0 Å². The Kier molecular flexibility index (Phi) is 4.37. The van der Waals surface area contributed by atoms with E-state index in [9.17, 15) is 4.79 Å². The summed E-state index contributed by atoms with van der Waals surface area (Å²) in [6.45, 7) is 0.316. The second-order valence-corrected chi connectivity index (χ2v) is 8.93. The number of hydrogen-bond donors (Lipinski definition) is 3. The molecule has 0 amide bonds. The van der Waals surface area contributed by atoms with Gasteiger partial charge in [-0.05, 0) is 35.2 Å². The fraction of sp³-hybridized carbons (Fsp3) is 0.0833. The number of nitrogens with one attached hydrogen (secondary N) is 1. The van der Waals surface area contributed by atoms with E-state index >= 15 is 0 Å². The maximum atomic E-state index is 11.2. The van der Waals surface area contributed by atoms with Crippen molar-refractivity contribution in [3.05, 3.63) is 61.1 Å². The number of nitrogen functional groups attached to an aromatic ring is 1. The van der Waals surface area contributed by atoms with E-state index in [1.54, 1.807) is 17.5 Å². The van der Waals surface area contributed by atoms with Crippen molar-refractivity contribution in [2.75, 3.05) is 5.73 Å². The number of nitrogens with zero attached hydrogens (tertiary/aromatic N) is 4. The summed E-state index contributed by atoms with van der Waals surface area (Å²) in [5.74, 6) is -0.685. The molecule has 0 aliphatic rings. The summed E-state index contributed by atoms with van der Waals surface area (Å²) in [5, 5.41) is 18.7. The zero-order valence-corrected chi connectivity index (χ0v) is 18.1. The predicted molar refractivity (Wildman–Crippen MR) is 130 cm³/mol. The van der Waals surface area contributed by atoms with Crippen LogP contribution in [0.4, 0.5) is 5.95 Å². The van der Waals surface area contributed by atoms with Gasteiger partial charge in [-0.3, -0.25) is 9.89 Å². The van der Waals surface area contributed by atoms with Crippen LogP contribution in [0.3, 0.4) is 0 Å². The van der Waals surface area contributed by atoms with Crippen molar-refractivity contribution in [3.63, 3.8) is 0 Å². The van der Waals surface area contributed by atoms with Gasteiger partial charge in [0.2, 0.25) is 5.95 Å². The van der Waals surface area contributed by atoms with Gasteiger partial charge in [-0.25, -0.2) is 9.97 Å². The van der Waals surface area contributed by atoms with Crippen LogP contribution in [0.2, 0.25) is 0 Å². The van der Waals surface area contributed by atoms with Crippen molar-refractivity contribution in [1.29, 1.82) is 0 Å². The Hall–Kier alpha value is -4.24. The molecule has 162 valence electrons. The van der Waals surface area contributed by atoms with Crippen LogP contribution in [-0.2, 0) is 11.3 Å². The number of nitrogens with two attached hydrogens (primary N) is 1. The van der Waals surface area contributed by atoms with Gasteiger partial charge in [0, 0.05) is 38.8 Å². The normalized spacial score (nSPS) is 11.6. The average molecular weight is 455 g/mol. The summed E-state index contributed by atoms with van der Waals surface area (Å²) in [7, 11) is 0. The largest absolute Gasteiger partial charge is 0.481 e. The molecular weight excluding hydrogens is 436 g/mol. The van der Waals surface area contributed by atoms with Crippen LogP contribution < -0.4 is 5.73 Å². The summed E-state index contributed by atoms with van der Waals surface area (Å²) >= 11 is 1.73. The number of anilines is 1. The van der Waals surface area contributed by atoms with Gasteiger partial charge in [-0.1, -0.05) is 18.2 Å². The number of H-pyrrole nitrogens is 1. The third-order valence-corrected chi connectivity index (χ3v) is 6.90. The van der Waals surface area contributed by atoms with Crippen LogP contribution in [-0.4, -0.2) is 35.8 Å². The SMILES string of the molecule is Nc1ncc2c(n1)c(-c1cc(-c3cc4ccccc4s3)c3[nH]ncc3c1)cn2CCC(=O)O. The number of rotatable bonds is 5. The standard InChI is InChI=1S/C24H18N6O2S/c25-24-26-11-18-23(28-24)17(12-30(18)6-5-21(31)32)14-7-15-10-27-29-22(15)16(8-14)20-9-13-3-1-2-4-19(13)33-20/h1-4,7-12H,5-6H2,(H,27,29)(H,31,32)(H2,25,26,28). The quantitative estimate of drug-likeness (QED) is 0.340. The zero-order valence-electron chi connectivity index (χ0n) is 17.3. The number of carboxylic acids is 1. The molecule has 6 aromatic rings. The summed E-state index contributed by atoms with van der Waals surface area (Å²) in [5.41, 5.74) is 11.2. The lowest BCUT2D eigenvalue weighted by atomic mass is 10.0. The van der Waals surface area contributed by atoms with Gasteiger partial charge in [0.1, 0.15) is 5.52 Å². The topological polar surface area (TPSA) is 123 Å². The van der Waals surface area contributed by atoms with Gasteiger partial charge in [0.25, 0.3) is 0 Å². The Bertz CT molecular complexity index is 1650. The lowest BCUT2D eigenvalue weighted by molar-refractivity contribution is -0.137. The van der Waals surface area contributed by atoms with E-state index in [0.29, 0.717) is 12.1 Å². The molecule has 6 rings (SSSR count). The summed E-state index contributed by atoms with van der Waals surface area (Å²) in [4.78, 5) is 20.9. The Labute approximate surface area is 191 Å². The van der Waals surface area contributed by atoms with Gasteiger partial charge in [0.05, 0.1) is 29.8 Å². The number of aryl methyl sites for hydroxylation is 1. The highest BCUT2D eigenvalue weighted by Crippen LogP contribution is 2.40. The molecule has 9 heteroatoms. The first-order valence-electron chi connectivity index (χ1n) is 10.4. The molecule has 0 saturated heterocycles. The van der Waals surface area contributed by atoms with Gasteiger partial charge >= 0.3 is 5.97 Å². The highest BCUT2D eigenvalue weighted by Gasteiger charge is 2.17. The number of fused-ring (bicyclic) bond motifs is 3. The third-order valence-electron chi connectivity index (χ3n) is 5.75. The number of aromatic amines is 1. The first kappa shape index (κ1) is 19.4. The van der Waals surface area contributed by atoms with Crippen LogP contribution in [0.1, 0.15) is 6.42 Å². The first-order valence-corrected chi connectivity index (χ1v) is 11.2. The number of carboxylic acid groups (broad SMARTS) is 1. The minimum Gasteiger partial charge on any atom is -0.481 e. The molecule has 0 bridgehead atoms. The molecule has 4 aromatic heterocycles. The van der Waals surface area contributed by atoms with E-state index in [4.69, 9.17) is 10.8 Å². The molecule has 0 spiro atoms. The molecule has 0 atom stereocenters. The smallest absolute Gasteiger partial charge is 0.305 e. The molecule has 0 unspecified atom stereocenters. The van der Waals surface area contributed by atoms with E-state index in [-0.39, 0.29) is 12.4 Å². The van der Waals surface area contributed by atoms with Crippen LogP contribution in [0.15, 0.2) is 61.1 Å². The third kappa shape index (κ3) is 3.30. The van der Waals surface area contributed by atoms with Crippen molar-refractivity contribution < 1.29 is 9.90 Å². The lowest BCUT2D eigenvalue weighted by Crippen LogP contribution is -2.04. The number of benzene rings is 2. The maximum Gasteiger partial charge on any atom is 0.305 e. The van der Waals surface area contributed by atoms with E-state index in [1.165, 1.54) is 10.1 Å². The molecule has 2 aromatic carbocycles. The first-order chi connectivity index (χ1) is 16.1. The van der Waals surface area contributed by atoms with E-state index in [0.717, 1.165) is 38.0 Å². The van der Waals surface area contributed by atoms with Gasteiger partial charge in [-0.15, -0.1) is 11.3 Å². The second-order valence-electron chi connectivity index (χ2n) is 7.85. The molecule has 4 N–H and O–H groups in total. The minimum absolute atomic E-state index is 0.00139. The van der Waals surface area contributed by atoms with E-state index in [2.05, 4.69) is 50.5 Å². The number of carbonyl (C=O) groups is 1. The Morgan fingerprint density at radius 1 is 1.12 bits per heavy atom. The molecular formula is C24H18N6O2S. The van der Waals surface area contributed by atoms with E-state index < -0.39 is 5.97 Å². The summed E-state index contributed by atoms with van der Waals surface area (Å²) in [6.07, 6.45) is 5.38. The number of aromatic nitrogens is 5. The van der Waals surface area contributed by atoms with E-state index in [1.807, 2.05) is 29.1 Å². The monoisotopic (exact) mass is 454 g/mol. The van der Waals surface area contributed by atoms with Crippen LogP contribution >= 0.6 is 11.3 Å². The molecule has 4 heterocycles. The number of aliphatic carboxylic acids is 1. The fourth-order valence-corrected chi connectivity index (χ4v) is 5.30. The molecule has 33 heavy (non-hydrogen) atoms. The van der Waals surface area contributed by atoms with Crippen molar-refractivity contribution >= 4 is 55.3 Å². The molecule has 0 aliphatic carbocycles. The number of hydrogen-bond acceptors (Lipinski definition) is 6. The summed E-state index contributed by atoms with van der Waals surface area (Å²) in [6, 6.07) is 14.7. The van der Waals surface area contributed by atoms with Crippen LogP contribution in [0, 0.1) is 0 Å².